The average molecular weight is 487 g/mol. The highest BCUT2D eigenvalue weighted by Gasteiger charge is 2.35. The number of rotatable bonds is 4. The van der Waals surface area contributed by atoms with Crippen LogP contribution in [0.15, 0.2) is 54.6 Å². The number of alkyl halides is 3. The molecule has 4 nitrogen and oxygen atoms in total. The largest absolute Gasteiger partial charge is 0.418 e. The molecule has 0 unspecified atom stereocenters. The number of fused-ring (bicyclic) bond motifs is 3. The van der Waals surface area contributed by atoms with Gasteiger partial charge in [0.15, 0.2) is 5.65 Å². The number of hydrogen-bond acceptors (Lipinski definition) is 3. The highest BCUT2D eigenvalue weighted by molar-refractivity contribution is 5.85. The molecule has 0 bridgehead atoms. The Hall–Kier alpha value is -3.92. The van der Waals surface area contributed by atoms with E-state index in [1.54, 1.807) is 13.0 Å². The number of nitriles is 1. The van der Waals surface area contributed by atoms with Gasteiger partial charge in [0, 0.05) is 18.2 Å². The lowest BCUT2D eigenvalue weighted by molar-refractivity contribution is -0.136. The molecule has 0 spiro atoms. The van der Waals surface area contributed by atoms with Gasteiger partial charge < -0.3 is 4.57 Å². The van der Waals surface area contributed by atoms with Gasteiger partial charge in [-0.05, 0) is 65.6 Å². The predicted molar refractivity (Wildman–Crippen MR) is 133 cm³/mol. The van der Waals surface area contributed by atoms with Crippen LogP contribution >= 0.6 is 0 Å². The Balaban J connectivity index is 1.61. The second kappa shape index (κ2) is 9.27. The fourth-order valence-electron chi connectivity index (χ4n) is 5.09. The van der Waals surface area contributed by atoms with Crippen LogP contribution < -0.4 is 0 Å². The second-order valence-electron chi connectivity index (χ2n) is 9.18. The van der Waals surface area contributed by atoms with Crippen molar-refractivity contribution in [1.29, 1.82) is 5.26 Å². The molecule has 1 aliphatic rings. The number of allylic oxidation sites excluding steroid dienone is 1. The first-order valence-corrected chi connectivity index (χ1v) is 12.0. The molecule has 0 amide bonds. The summed E-state index contributed by atoms with van der Waals surface area (Å²) in [6.07, 6.45) is 0.0650. The maximum absolute atomic E-state index is 13.8. The van der Waals surface area contributed by atoms with E-state index < -0.39 is 11.7 Å². The molecule has 0 atom stereocenters. The molecule has 0 saturated heterocycles. The smallest absolute Gasteiger partial charge is 0.308 e. The van der Waals surface area contributed by atoms with Crippen LogP contribution in [0, 0.1) is 18.3 Å². The molecule has 0 N–H and O–H groups in total. The van der Waals surface area contributed by atoms with Crippen LogP contribution in [0.25, 0.3) is 16.7 Å². The van der Waals surface area contributed by atoms with Gasteiger partial charge in [0.1, 0.15) is 11.3 Å². The van der Waals surface area contributed by atoms with Crippen molar-refractivity contribution in [2.75, 3.05) is 0 Å². The normalized spacial score (nSPS) is 14.4. The molecule has 5 rings (SSSR count). The first kappa shape index (κ1) is 23.8. The SMILES string of the molecule is CCCc1nc2c(C(F)(F)F)cc(C)nc2n1Cc1ccc2c(c1)CCc1ccccc1C2=CC#N. The third-order valence-corrected chi connectivity index (χ3v) is 6.67. The summed E-state index contributed by atoms with van der Waals surface area (Å²) < 4.78 is 43.2. The zero-order valence-electron chi connectivity index (χ0n) is 20.2. The summed E-state index contributed by atoms with van der Waals surface area (Å²) in [5.41, 5.74) is 5.99. The van der Waals surface area contributed by atoms with Gasteiger partial charge in [0.2, 0.25) is 0 Å². The summed E-state index contributed by atoms with van der Waals surface area (Å²) in [5.74, 6) is 0.600. The van der Waals surface area contributed by atoms with Gasteiger partial charge in [0.25, 0.3) is 0 Å². The van der Waals surface area contributed by atoms with E-state index in [1.807, 2.05) is 41.8 Å². The van der Waals surface area contributed by atoms with Crippen LogP contribution in [0.5, 0.6) is 0 Å². The molecule has 2 aromatic carbocycles. The maximum atomic E-state index is 13.8. The fourth-order valence-corrected chi connectivity index (χ4v) is 5.09. The van der Waals surface area contributed by atoms with Crippen molar-refractivity contribution in [2.24, 2.45) is 0 Å². The van der Waals surface area contributed by atoms with Crippen molar-refractivity contribution in [2.45, 2.75) is 52.3 Å². The number of halogens is 3. The Morgan fingerprint density at radius 3 is 2.53 bits per heavy atom. The Morgan fingerprint density at radius 2 is 1.78 bits per heavy atom. The highest BCUT2D eigenvalue weighted by Crippen LogP contribution is 2.36. The average Bonchev–Trinajstić information content (AvgIpc) is 3.08. The van der Waals surface area contributed by atoms with Crippen LogP contribution in [0.1, 0.15) is 58.2 Å². The minimum Gasteiger partial charge on any atom is -0.308 e. The number of pyridine rings is 1. The van der Waals surface area contributed by atoms with Crippen LogP contribution in [0.4, 0.5) is 13.2 Å². The van der Waals surface area contributed by atoms with Crippen molar-refractivity contribution in [1.82, 2.24) is 14.5 Å². The molecular weight excluding hydrogens is 461 g/mol. The molecular formula is C29H25F3N4. The van der Waals surface area contributed by atoms with Crippen molar-refractivity contribution < 1.29 is 13.2 Å². The molecule has 2 aromatic heterocycles. The van der Waals surface area contributed by atoms with E-state index in [1.165, 1.54) is 5.56 Å². The van der Waals surface area contributed by atoms with E-state index in [9.17, 15) is 18.4 Å². The van der Waals surface area contributed by atoms with Crippen molar-refractivity contribution in [3.8, 4) is 6.07 Å². The molecule has 7 heteroatoms. The third-order valence-electron chi connectivity index (χ3n) is 6.67. The monoisotopic (exact) mass is 486 g/mol. The van der Waals surface area contributed by atoms with Crippen LogP contribution in [0.2, 0.25) is 0 Å². The van der Waals surface area contributed by atoms with Gasteiger partial charge in [0.05, 0.1) is 18.2 Å². The molecule has 36 heavy (non-hydrogen) atoms. The van der Waals surface area contributed by atoms with Gasteiger partial charge in [-0.1, -0.05) is 49.4 Å². The number of hydrogen-bond donors (Lipinski definition) is 0. The Labute approximate surface area is 207 Å². The minimum atomic E-state index is -4.50. The van der Waals surface area contributed by atoms with Crippen molar-refractivity contribution >= 4 is 16.7 Å². The number of aryl methyl sites for hydroxylation is 4. The number of benzene rings is 2. The van der Waals surface area contributed by atoms with Crippen molar-refractivity contribution in [3.05, 3.63) is 99.5 Å². The fraction of sp³-hybridized carbons (Fsp3) is 0.276. The lowest BCUT2D eigenvalue weighted by Gasteiger charge is -2.14. The highest BCUT2D eigenvalue weighted by atomic mass is 19.4. The molecule has 0 saturated carbocycles. The number of nitrogens with zero attached hydrogens (tertiary/aromatic N) is 4. The summed E-state index contributed by atoms with van der Waals surface area (Å²) in [4.78, 5) is 8.88. The summed E-state index contributed by atoms with van der Waals surface area (Å²) >= 11 is 0. The first-order chi connectivity index (χ1) is 17.3. The third kappa shape index (κ3) is 4.28. The van der Waals surface area contributed by atoms with Gasteiger partial charge in [-0.15, -0.1) is 0 Å². The van der Waals surface area contributed by atoms with Crippen molar-refractivity contribution in [3.63, 3.8) is 0 Å². The van der Waals surface area contributed by atoms with Gasteiger partial charge >= 0.3 is 6.18 Å². The zero-order valence-corrected chi connectivity index (χ0v) is 20.2. The van der Waals surface area contributed by atoms with E-state index in [2.05, 4.69) is 28.2 Å². The van der Waals surface area contributed by atoms with E-state index in [0.29, 0.717) is 24.5 Å². The first-order valence-electron chi connectivity index (χ1n) is 12.0. The molecule has 4 aromatic rings. The van der Waals surface area contributed by atoms with Gasteiger partial charge in [-0.3, -0.25) is 0 Å². The summed E-state index contributed by atoms with van der Waals surface area (Å²) in [6, 6.07) is 17.5. The number of aromatic nitrogens is 3. The van der Waals surface area contributed by atoms with E-state index in [4.69, 9.17) is 0 Å². The molecule has 0 aliphatic heterocycles. The molecule has 0 radical (unpaired) electrons. The lowest BCUT2D eigenvalue weighted by Crippen LogP contribution is -2.09. The quantitative estimate of drug-likeness (QED) is 0.298. The molecule has 2 heterocycles. The summed E-state index contributed by atoms with van der Waals surface area (Å²) in [6.45, 7) is 3.93. The second-order valence-corrected chi connectivity index (χ2v) is 9.18. The van der Waals surface area contributed by atoms with Gasteiger partial charge in [-0.2, -0.15) is 18.4 Å². The van der Waals surface area contributed by atoms with Crippen LogP contribution in [-0.2, 0) is 32.0 Å². The van der Waals surface area contributed by atoms with Crippen LogP contribution in [-0.4, -0.2) is 14.5 Å². The lowest BCUT2D eigenvalue weighted by atomic mass is 9.93. The van der Waals surface area contributed by atoms with E-state index >= 15 is 0 Å². The topological polar surface area (TPSA) is 54.5 Å². The van der Waals surface area contributed by atoms with Crippen LogP contribution in [0.3, 0.4) is 0 Å². The summed E-state index contributed by atoms with van der Waals surface area (Å²) in [5, 5.41) is 9.45. The minimum absolute atomic E-state index is 0.0963. The number of imidazole rings is 1. The summed E-state index contributed by atoms with van der Waals surface area (Å²) in [7, 11) is 0. The van der Waals surface area contributed by atoms with E-state index in [0.717, 1.165) is 53.2 Å². The molecule has 0 fully saturated rings. The maximum Gasteiger partial charge on any atom is 0.418 e. The Kier molecular flexibility index (Phi) is 6.13. The Bertz CT molecular complexity index is 1540. The van der Waals surface area contributed by atoms with Gasteiger partial charge in [-0.25, -0.2) is 9.97 Å². The molecule has 182 valence electrons. The standard InChI is InChI=1S/C29H25F3N4/c1-3-6-26-35-27-25(29(30,31)32)15-18(2)34-28(27)36(26)17-19-9-12-23-21(16-19)11-10-20-7-4-5-8-22(20)24(23)13-14-33/h4-5,7-9,12-13,15-16H,3,6,10-11,17H2,1-2H3. The zero-order chi connectivity index (χ0) is 25.4. The predicted octanol–water partition coefficient (Wildman–Crippen LogP) is 6.81. The van der Waals surface area contributed by atoms with E-state index in [-0.39, 0.29) is 11.2 Å². The Morgan fingerprint density at radius 1 is 1.03 bits per heavy atom. The molecule has 1 aliphatic carbocycles.